The maximum atomic E-state index is 13.4. The molecule has 0 unspecified atom stereocenters. The van der Waals surface area contributed by atoms with E-state index in [-0.39, 0.29) is 28.7 Å². The van der Waals surface area contributed by atoms with E-state index < -0.39 is 6.36 Å². The van der Waals surface area contributed by atoms with Gasteiger partial charge in [-0.15, -0.1) is 23.4 Å². The van der Waals surface area contributed by atoms with Crippen LogP contribution in [0.3, 0.4) is 0 Å². The van der Waals surface area contributed by atoms with E-state index in [0.717, 1.165) is 42.3 Å². The van der Waals surface area contributed by atoms with Gasteiger partial charge in [0.05, 0.1) is 19.8 Å². The number of benzene rings is 1. The van der Waals surface area contributed by atoms with Crippen LogP contribution in [0.15, 0.2) is 63.9 Å². The number of alkyl halides is 3. The molecule has 12 heteroatoms. The molecule has 0 bridgehead atoms. The molecule has 4 heterocycles. The molecule has 0 saturated carbocycles. The number of morpholine rings is 1. The van der Waals surface area contributed by atoms with Crippen LogP contribution >= 0.6 is 0 Å². The summed E-state index contributed by atoms with van der Waals surface area (Å²) in [5.41, 5.74) is 1.94. The third-order valence-corrected chi connectivity index (χ3v) is 5.87. The molecule has 9 nitrogen and oxygen atoms in total. The third-order valence-electron chi connectivity index (χ3n) is 5.87. The summed E-state index contributed by atoms with van der Waals surface area (Å²) < 4.78 is 53.8. The van der Waals surface area contributed by atoms with Crippen LogP contribution in [-0.4, -0.2) is 52.4 Å². The number of pyridine rings is 2. The Morgan fingerprint density at radius 3 is 2.46 bits per heavy atom. The van der Waals surface area contributed by atoms with E-state index in [1.807, 2.05) is 19.1 Å². The van der Waals surface area contributed by atoms with Crippen molar-refractivity contribution < 1.29 is 27.1 Å². The molecule has 0 radical (unpaired) electrons. The Kier molecular flexibility index (Phi) is 6.66. The van der Waals surface area contributed by atoms with E-state index in [1.54, 1.807) is 22.9 Å². The molecule has 1 aromatic carbocycles. The van der Waals surface area contributed by atoms with E-state index in [4.69, 9.17) is 9.15 Å². The number of hydrogen-bond acceptors (Lipinski definition) is 8. The maximum Gasteiger partial charge on any atom is 0.573 e. The lowest BCUT2D eigenvalue weighted by molar-refractivity contribution is -0.274. The lowest BCUT2D eigenvalue weighted by Gasteiger charge is -2.28. The Bertz CT molecular complexity index is 1440. The number of halogens is 3. The van der Waals surface area contributed by atoms with Crippen molar-refractivity contribution in [3.8, 4) is 28.7 Å². The van der Waals surface area contributed by atoms with Crippen molar-refractivity contribution in [1.29, 1.82) is 0 Å². The predicted octanol–water partition coefficient (Wildman–Crippen LogP) is 4.05. The quantitative estimate of drug-likeness (QED) is 0.381. The van der Waals surface area contributed by atoms with E-state index in [2.05, 4.69) is 24.8 Å². The molecule has 1 aliphatic rings. The van der Waals surface area contributed by atoms with Crippen LogP contribution in [0.5, 0.6) is 5.75 Å². The van der Waals surface area contributed by atoms with Gasteiger partial charge in [0.1, 0.15) is 17.1 Å². The lowest BCUT2D eigenvalue weighted by atomic mass is 10.2. The van der Waals surface area contributed by atoms with Crippen LogP contribution < -0.4 is 15.2 Å². The summed E-state index contributed by atoms with van der Waals surface area (Å²) in [5.74, 6) is 0.527. The van der Waals surface area contributed by atoms with Gasteiger partial charge in [-0.2, -0.15) is 0 Å². The molecule has 0 amide bonds. The van der Waals surface area contributed by atoms with Crippen LogP contribution in [0.1, 0.15) is 11.3 Å². The standard InChI is InChI=1S/C25H22F3N5O4/c1-16-2-7-20(23-31-30-22(36-23)18-3-5-19(6-4-18)37-25(26,27)28)24(34)33(16)15-17-8-9-29-21(14-17)32-10-12-35-13-11-32/h2-9,14H,10-13,15H2,1H3. The molecule has 0 aliphatic carbocycles. The summed E-state index contributed by atoms with van der Waals surface area (Å²) in [7, 11) is 0. The first-order valence-electron chi connectivity index (χ1n) is 11.4. The van der Waals surface area contributed by atoms with Crippen LogP contribution in [0.25, 0.3) is 22.9 Å². The fraction of sp³-hybridized carbons (Fsp3) is 0.280. The highest BCUT2D eigenvalue weighted by Gasteiger charge is 2.31. The first-order valence-corrected chi connectivity index (χ1v) is 11.4. The molecule has 37 heavy (non-hydrogen) atoms. The van der Waals surface area contributed by atoms with Crippen molar-refractivity contribution in [3.05, 3.63) is 76.3 Å². The SMILES string of the molecule is Cc1ccc(-c2nnc(-c3ccc(OC(F)(F)F)cc3)o2)c(=O)n1Cc1ccnc(N2CCOCC2)c1. The lowest BCUT2D eigenvalue weighted by Crippen LogP contribution is -2.36. The van der Waals surface area contributed by atoms with Crippen molar-refractivity contribution in [2.24, 2.45) is 0 Å². The van der Waals surface area contributed by atoms with Gasteiger partial charge in [-0.25, -0.2) is 4.98 Å². The highest BCUT2D eigenvalue weighted by Crippen LogP contribution is 2.27. The second-order valence-corrected chi connectivity index (χ2v) is 8.39. The van der Waals surface area contributed by atoms with Gasteiger partial charge in [0.25, 0.3) is 11.4 Å². The molecule has 192 valence electrons. The van der Waals surface area contributed by atoms with Gasteiger partial charge in [0, 0.05) is 30.5 Å². The zero-order valence-corrected chi connectivity index (χ0v) is 19.7. The molecular weight excluding hydrogens is 491 g/mol. The van der Waals surface area contributed by atoms with Gasteiger partial charge in [0.15, 0.2) is 0 Å². The highest BCUT2D eigenvalue weighted by molar-refractivity contribution is 5.58. The van der Waals surface area contributed by atoms with E-state index in [9.17, 15) is 18.0 Å². The number of aromatic nitrogens is 4. The number of rotatable bonds is 6. The predicted molar refractivity (Wildman–Crippen MR) is 127 cm³/mol. The average molecular weight is 513 g/mol. The molecule has 1 fully saturated rings. The first-order chi connectivity index (χ1) is 17.8. The summed E-state index contributed by atoms with van der Waals surface area (Å²) in [4.78, 5) is 20.0. The van der Waals surface area contributed by atoms with Gasteiger partial charge in [-0.1, -0.05) is 0 Å². The topological polar surface area (TPSA) is 95.5 Å². The van der Waals surface area contributed by atoms with Crippen molar-refractivity contribution >= 4 is 5.82 Å². The highest BCUT2D eigenvalue weighted by atomic mass is 19.4. The molecule has 1 saturated heterocycles. The normalized spacial score (nSPS) is 14.1. The van der Waals surface area contributed by atoms with E-state index in [0.29, 0.717) is 25.3 Å². The summed E-state index contributed by atoms with van der Waals surface area (Å²) in [6, 6.07) is 12.2. The minimum Gasteiger partial charge on any atom is -0.416 e. The summed E-state index contributed by atoms with van der Waals surface area (Å²) in [6.45, 7) is 4.94. The van der Waals surface area contributed by atoms with E-state index >= 15 is 0 Å². The number of hydrogen-bond donors (Lipinski definition) is 0. The molecule has 4 aromatic rings. The Hall–Kier alpha value is -4.19. The second-order valence-electron chi connectivity index (χ2n) is 8.39. The van der Waals surface area contributed by atoms with E-state index in [1.165, 1.54) is 12.1 Å². The smallest absolute Gasteiger partial charge is 0.416 e. The summed E-state index contributed by atoms with van der Waals surface area (Å²) in [6.07, 6.45) is -3.06. The monoisotopic (exact) mass is 513 g/mol. The minimum absolute atomic E-state index is 0.00750. The fourth-order valence-electron chi connectivity index (χ4n) is 3.98. The van der Waals surface area contributed by atoms with Crippen LogP contribution in [0.2, 0.25) is 0 Å². The molecule has 0 N–H and O–H groups in total. The second kappa shape index (κ2) is 10.1. The minimum atomic E-state index is -4.79. The van der Waals surface area contributed by atoms with Crippen molar-refractivity contribution in [2.45, 2.75) is 19.8 Å². The molecule has 1 aliphatic heterocycles. The Morgan fingerprint density at radius 2 is 1.73 bits per heavy atom. The molecular formula is C25H22F3N5O4. The third kappa shape index (κ3) is 5.64. The van der Waals surface area contributed by atoms with Crippen molar-refractivity contribution in [2.75, 3.05) is 31.2 Å². The molecule has 0 atom stereocenters. The number of nitrogens with zero attached hydrogens (tertiary/aromatic N) is 5. The van der Waals surface area contributed by atoms with Crippen molar-refractivity contribution in [3.63, 3.8) is 0 Å². The van der Waals surface area contributed by atoms with Gasteiger partial charge < -0.3 is 23.4 Å². The Labute approximate surface area is 209 Å². The van der Waals surface area contributed by atoms with Gasteiger partial charge >= 0.3 is 6.36 Å². The first kappa shape index (κ1) is 24.5. The summed E-state index contributed by atoms with van der Waals surface area (Å²) >= 11 is 0. The maximum absolute atomic E-state index is 13.4. The molecule has 5 rings (SSSR count). The van der Waals surface area contributed by atoms with Crippen LogP contribution in [-0.2, 0) is 11.3 Å². The van der Waals surface area contributed by atoms with Crippen LogP contribution in [0.4, 0.5) is 19.0 Å². The zero-order valence-electron chi connectivity index (χ0n) is 19.7. The number of ether oxygens (including phenoxy) is 2. The summed E-state index contributed by atoms with van der Waals surface area (Å²) in [5, 5.41) is 7.94. The Balaban J connectivity index is 1.38. The number of anilines is 1. The zero-order chi connectivity index (χ0) is 26.0. The van der Waals surface area contributed by atoms with Crippen LogP contribution in [0, 0.1) is 6.92 Å². The fourth-order valence-corrected chi connectivity index (χ4v) is 3.98. The molecule has 3 aromatic heterocycles. The molecule has 0 spiro atoms. The van der Waals surface area contributed by atoms with Gasteiger partial charge in [-0.3, -0.25) is 4.79 Å². The number of aryl methyl sites for hydroxylation is 1. The Morgan fingerprint density at radius 1 is 1.00 bits per heavy atom. The largest absolute Gasteiger partial charge is 0.573 e. The van der Waals surface area contributed by atoms with Crippen molar-refractivity contribution in [1.82, 2.24) is 19.7 Å². The van der Waals surface area contributed by atoms with Gasteiger partial charge in [-0.05, 0) is 61.0 Å². The average Bonchev–Trinajstić information content (AvgIpc) is 3.37. The van der Waals surface area contributed by atoms with Gasteiger partial charge in [0.2, 0.25) is 5.89 Å².